The van der Waals surface area contributed by atoms with Gasteiger partial charge in [0.05, 0.1) is 12.6 Å². The summed E-state index contributed by atoms with van der Waals surface area (Å²) in [5.74, 6) is -0.551. The summed E-state index contributed by atoms with van der Waals surface area (Å²) in [5, 5.41) is 5.13. The van der Waals surface area contributed by atoms with Gasteiger partial charge in [-0.05, 0) is 19.3 Å². The van der Waals surface area contributed by atoms with E-state index in [1.54, 1.807) is 0 Å². The molecule has 0 bridgehead atoms. The van der Waals surface area contributed by atoms with E-state index in [1.807, 2.05) is 6.92 Å². The summed E-state index contributed by atoms with van der Waals surface area (Å²) in [6.07, 6.45) is 1.91. The van der Waals surface area contributed by atoms with Crippen molar-refractivity contribution in [3.8, 4) is 0 Å². The molecule has 0 spiro atoms. The summed E-state index contributed by atoms with van der Waals surface area (Å²) < 4.78 is 0. The van der Waals surface area contributed by atoms with E-state index < -0.39 is 6.04 Å². The van der Waals surface area contributed by atoms with Gasteiger partial charge in [0, 0.05) is 13.1 Å². The summed E-state index contributed by atoms with van der Waals surface area (Å²) in [4.78, 5) is 26.6. The lowest BCUT2D eigenvalue weighted by Gasteiger charge is -2.11. The quantitative estimate of drug-likeness (QED) is 0.187. The Kier molecular flexibility index (Phi) is 9.15. The molecule has 2 amide bonds. The Balaban J connectivity index is 3.75. The zero-order valence-electron chi connectivity index (χ0n) is 11.3. The maximum atomic E-state index is 11.5. The average Bonchev–Trinajstić information content (AvgIpc) is 2.37. The van der Waals surface area contributed by atoms with Crippen molar-refractivity contribution in [2.24, 2.45) is 22.2 Å². The Hall–Kier alpha value is -1.83. The number of hydrogen-bond donors (Lipinski definition) is 5. The molecule has 0 aliphatic carbocycles. The summed E-state index contributed by atoms with van der Waals surface area (Å²) in [7, 11) is 0. The number of hydrogen-bond acceptors (Lipinski definition) is 4. The van der Waals surface area contributed by atoms with Gasteiger partial charge < -0.3 is 27.8 Å². The van der Waals surface area contributed by atoms with Gasteiger partial charge in [-0.3, -0.25) is 14.6 Å². The van der Waals surface area contributed by atoms with Crippen molar-refractivity contribution >= 4 is 17.8 Å². The van der Waals surface area contributed by atoms with Crippen molar-refractivity contribution in [1.82, 2.24) is 10.6 Å². The molecule has 19 heavy (non-hydrogen) atoms. The normalized spacial score (nSPS) is 11.5. The Morgan fingerprint density at radius 1 is 1.26 bits per heavy atom. The third-order valence-corrected chi connectivity index (χ3v) is 2.30. The lowest BCUT2D eigenvalue weighted by molar-refractivity contribution is -0.126. The van der Waals surface area contributed by atoms with E-state index in [9.17, 15) is 9.59 Å². The fraction of sp³-hybridized carbons (Fsp3) is 0.727. The molecule has 0 aromatic heterocycles. The zero-order chi connectivity index (χ0) is 14.7. The Labute approximate surface area is 113 Å². The van der Waals surface area contributed by atoms with Gasteiger partial charge >= 0.3 is 0 Å². The minimum atomic E-state index is -0.659. The lowest BCUT2D eigenvalue weighted by atomic mass is 10.1. The van der Waals surface area contributed by atoms with Gasteiger partial charge in [0.15, 0.2) is 5.96 Å². The minimum absolute atomic E-state index is 0.0191. The molecule has 1 atom stereocenters. The van der Waals surface area contributed by atoms with Crippen molar-refractivity contribution in [3.05, 3.63) is 0 Å². The molecular weight excluding hydrogens is 248 g/mol. The molecule has 0 saturated heterocycles. The van der Waals surface area contributed by atoms with Crippen LogP contribution in [0.4, 0.5) is 0 Å². The summed E-state index contributed by atoms with van der Waals surface area (Å²) in [5.41, 5.74) is 16.0. The van der Waals surface area contributed by atoms with Crippen LogP contribution in [-0.4, -0.2) is 43.5 Å². The summed E-state index contributed by atoms with van der Waals surface area (Å²) in [6, 6.07) is -0.659. The third-order valence-electron chi connectivity index (χ3n) is 2.30. The highest BCUT2D eigenvalue weighted by atomic mass is 16.2. The highest BCUT2D eigenvalue weighted by Crippen LogP contribution is 1.95. The molecule has 0 aromatic carbocycles. The van der Waals surface area contributed by atoms with Crippen LogP contribution in [0.1, 0.15) is 26.2 Å². The minimum Gasteiger partial charge on any atom is -0.370 e. The van der Waals surface area contributed by atoms with Gasteiger partial charge in [0.2, 0.25) is 11.8 Å². The first kappa shape index (κ1) is 17.2. The maximum Gasteiger partial charge on any atom is 0.239 e. The van der Waals surface area contributed by atoms with E-state index in [0.717, 1.165) is 6.42 Å². The molecule has 0 radical (unpaired) electrons. The fourth-order valence-corrected chi connectivity index (χ4v) is 1.28. The first-order valence-electron chi connectivity index (χ1n) is 6.32. The number of carbonyl (C=O) groups excluding carboxylic acids is 2. The number of rotatable bonds is 9. The molecule has 110 valence electrons. The first-order chi connectivity index (χ1) is 8.97. The number of nitrogens with one attached hydrogen (secondary N) is 2. The van der Waals surface area contributed by atoms with Crippen LogP contribution in [0.2, 0.25) is 0 Å². The van der Waals surface area contributed by atoms with E-state index in [0.29, 0.717) is 25.9 Å². The van der Waals surface area contributed by atoms with Crippen LogP contribution in [0.15, 0.2) is 4.99 Å². The van der Waals surface area contributed by atoms with Crippen LogP contribution < -0.4 is 27.8 Å². The molecule has 0 heterocycles. The van der Waals surface area contributed by atoms with Gasteiger partial charge in [-0.15, -0.1) is 0 Å². The second kappa shape index (κ2) is 10.1. The van der Waals surface area contributed by atoms with Gasteiger partial charge in [-0.1, -0.05) is 6.92 Å². The van der Waals surface area contributed by atoms with Crippen LogP contribution >= 0.6 is 0 Å². The molecule has 0 fully saturated rings. The molecule has 8 nitrogen and oxygen atoms in total. The average molecular weight is 272 g/mol. The van der Waals surface area contributed by atoms with Crippen LogP contribution in [0.25, 0.3) is 0 Å². The predicted octanol–water partition coefficient (Wildman–Crippen LogP) is -1.99. The maximum absolute atomic E-state index is 11.5. The van der Waals surface area contributed by atoms with E-state index in [2.05, 4.69) is 15.6 Å². The van der Waals surface area contributed by atoms with Gasteiger partial charge in [-0.2, -0.15) is 0 Å². The first-order valence-corrected chi connectivity index (χ1v) is 6.32. The van der Waals surface area contributed by atoms with Crippen LogP contribution in [0.3, 0.4) is 0 Å². The Bertz CT molecular complexity index is 314. The third kappa shape index (κ3) is 9.83. The van der Waals surface area contributed by atoms with Gasteiger partial charge in [-0.25, -0.2) is 0 Å². The van der Waals surface area contributed by atoms with E-state index in [4.69, 9.17) is 17.2 Å². The molecule has 0 aliphatic rings. The lowest BCUT2D eigenvalue weighted by Crippen LogP contribution is -2.45. The van der Waals surface area contributed by atoms with Crippen molar-refractivity contribution in [2.45, 2.75) is 32.2 Å². The molecular formula is C11H24N6O2. The van der Waals surface area contributed by atoms with Gasteiger partial charge in [0.25, 0.3) is 0 Å². The SMILES string of the molecule is CCCNC(=O)CNC(=O)C(N)CCCN=C(N)N. The molecule has 8 N–H and O–H groups in total. The summed E-state index contributed by atoms with van der Waals surface area (Å²) >= 11 is 0. The number of aliphatic imine (C=N–C) groups is 1. The molecule has 0 aromatic rings. The highest BCUT2D eigenvalue weighted by Gasteiger charge is 2.13. The molecule has 1 unspecified atom stereocenters. The van der Waals surface area contributed by atoms with Crippen LogP contribution in [-0.2, 0) is 9.59 Å². The smallest absolute Gasteiger partial charge is 0.239 e. The fourth-order valence-electron chi connectivity index (χ4n) is 1.28. The van der Waals surface area contributed by atoms with Crippen molar-refractivity contribution in [1.29, 1.82) is 0 Å². The molecule has 8 heteroatoms. The van der Waals surface area contributed by atoms with Gasteiger partial charge in [0.1, 0.15) is 0 Å². The van der Waals surface area contributed by atoms with Crippen molar-refractivity contribution in [2.75, 3.05) is 19.6 Å². The van der Waals surface area contributed by atoms with Crippen LogP contribution in [0.5, 0.6) is 0 Å². The number of nitrogens with zero attached hydrogens (tertiary/aromatic N) is 1. The second-order valence-corrected chi connectivity index (χ2v) is 4.12. The molecule has 0 aliphatic heterocycles. The van der Waals surface area contributed by atoms with E-state index >= 15 is 0 Å². The van der Waals surface area contributed by atoms with E-state index in [-0.39, 0.29) is 24.3 Å². The summed E-state index contributed by atoms with van der Waals surface area (Å²) in [6.45, 7) is 2.92. The number of guanidine groups is 1. The van der Waals surface area contributed by atoms with Crippen molar-refractivity contribution in [3.63, 3.8) is 0 Å². The Morgan fingerprint density at radius 2 is 1.95 bits per heavy atom. The topological polar surface area (TPSA) is 149 Å². The van der Waals surface area contributed by atoms with Crippen LogP contribution in [0, 0.1) is 0 Å². The van der Waals surface area contributed by atoms with Crippen molar-refractivity contribution < 1.29 is 9.59 Å². The second-order valence-electron chi connectivity index (χ2n) is 4.12. The molecule has 0 rings (SSSR count). The number of nitrogens with two attached hydrogens (primary N) is 3. The highest BCUT2D eigenvalue weighted by molar-refractivity contribution is 5.87. The monoisotopic (exact) mass is 272 g/mol. The molecule has 0 saturated carbocycles. The standard InChI is InChI=1S/C11H24N6O2/c1-2-5-15-9(18)7-17-10(19)8(12)4-3-6-16-11(13)14/h8H,2-7,12H2,1H3,(H,15,18)(H,17,19)(H4,13,14,16). The zero-order valence-corrected chi connectivity index (χ0v) is 11.3. The number of amides is 2. The largest absolute Gasteiger partial charge is 0.370 e. The van der Waals surface area contributed by atoms with E-state index in [1.165, 1.54) is 0 Å². The Morgan fingerprint density at radius 3 is 2.53 bits per heavy atom. The predicted molar refractivity (Wildman–Crippen MR) is 74.2 cm³/mol. The number of carbonyl (C=O) groups is 2.